The Labute approximate surface area is 100 Å². The molecule has 1 aliphatic rings. The molecule has 1 N–H and O–H groups in total. The molecule has 0 spiro atoms. The van der Waals surface area contributed by atoms with E-state index in [2.05, 4.69) is 5.32 Å². The van der Waals surface area contributed by atoms with Crippen LogP contribution in [0.1, 0.15) is 30.4 Å². The fourth-order valence-corrected chi connectivity index (χ4v) is 2.13. The summed E-state index contributed by atoms with van der Waals surface area (Å²) in [5.41, 5.74) is 3.18. The van der Waals surface area contributed by atoms with Crippen molar-refractivity contribution in [3.05, 3.63) is 40.5 Å². The van der Waals surface area contributed by atoms with Gasteiger partial charge in [0.15, 0.2) is 0 Å². The minimum absolute atomic E-state index is 0.220. The fraction of sp³-hybridized carbons (Fsp3) is 0.308. The van der Waals surface area contributed by atoms with Crippen LogP contribution in [0.5, 0.6) is 0 Å². The number of halogens is 1. The van der Waals surface area contributed by atoms with E-state index >= 15 is 0 Å². The number of hydrogen-bond donors (Lipinski definition) is 1. The molecule has 1 radical (unpaired) electrons. The third-order valence-corrected chi connectivity index (χ3v) is 3.14. The number of carbonyl (C=O) groups excluding carboxylic acids is 1. The van der Waals surface area contributed by atoms with Gasteiger partial charge in [-0.15, -0.1) is 0 Å². The Morgan fingerprint density at radius 1 is 1.50 bits per heavy atom. The smallest absolute Gasteiger partial charge is 0.206 e. The van der Waals surface area contributed by atoms with Crippen molar-refractivity contribution in [2.45, 2.75) is 19.3 Å². The van der Waals surface area contributed by atoms with E-state index in [1.807, 2.05) is 37.6 Å². The van der Waals surface area contributed by atoms with E-state index in [1.54, 1.807) is 0 Å². The standard InChI is InChI=1S/C13H13ClNO/c1-9(8-16)10-2-3-12(13(14)6-10)11-4-5-15-7-11/h2-3,6-7,9,15H,4-5H2,1H3. The van der Waals surface area contributed by atoms with Crippen molar-refractivity contribution in [3.63, 3.8) is 0 Å². The largest absolute Gasteiger partial charge is 0.390 e. The maximum Gasteiger partial charge on any atom is 0.206 e. The highest BCUT2D eigenvalue weighted by molar-refractivity contribution is 6.32. The van der Waals surface area contributed by atoms with Crippen LogP contribution in [0, 0.1) is 0 Å². The second kappa shape index (κ2) is 4.71. The molecular weight excluding hydrogens is 222 g/mol. The second-order valence-corrected chi connectivity index (χ2v) is 4.36. The molecule has 83 valence electrons. The Balaban J connectivity index is 2.33. The van der Waals surface area contributed by atoms with Gasteiger partial charge in [0.05, 0.1) is 0 Å². The average Bonchev–Trinajstić information content (AvgIpc) is 2.81. The van der Waals surface area contributed by atoms with Crippen LogP contribution in [-0.4, -0.2) is 12.8 Å². The molecule has 0 amide bonds. The number of rotatable bonds is 3. The summed E-state index contributed by atoms with van der Waals surface area (Å²) in [6.45, 7) is 2.78. The number of hydrogen-bond acceptors (Lipinski definition) is 2. The van der Waals surface area contributed by atoms with E-state index in [9.17, 15) is 4.79 Å². The molecule has 0 bridgehead atoms. The highest BCUT2D eigenvalue weighted by atomic mass is 35.5. The molecule has 3 heteroatoms. The summed E-state index contributed by atoms with van der Waals surface area (Å²) in [7, 11) is 0. The van der Waals surface area contributed by atoms with Crippen LogP contribution in [0.15, 0.2) is 24.4 Å². The van der Waals surface area contributed by atoms with Gasteiger partial charge in [-0.1, -0.05) is 30.7 Å². The summed E-state index contributed by atoms with van der Waals surface area (Å²) < 4.78 is 0. The summed E-state index contributed by atoms with van der Waals surface area (Å²) in [5.74, 6) is -0.220. The summed E-state index contributed by atoms with van der Waals surface area (Å²) in [6.07, 6.45) is 4.95. The summed E-state index contributed by atoms with van der Waals surface area (Å²) in [5, 5.41) is 3.87. The van der Waals surface area contributed by atoms with Crippen molar-refractivity contribution in [2.24, 2.45) is 0 Å². The van der Waals surface area contributed by atoms with Gasteiger partial charge >= 0.3 is 0 Å². The molecule has 1 unspecified atom stereocenters. The highest BCUT2D eigenvalue weighted by Gasteiger charge is 2.12. The minimum Gasteiger partial charge on any atom is -0.390 e. The van der Waals surface area contributed by atoms with Crippen LogP contribution < -0.4 is 5.32 Å². The van der Waals surface area contributed by atoms with Crippen LogP contribution in [0.4, 0.5) is 0 Å². The molecule has 1 aliphatic heterocycles. The molecule has 0 fully saturated rings. The fourth-order valence-electron chi connectivity index (χ4n) is 1.82. The first-order valence-corrected chi connectivity index (χ1v) is 5.70. The molecule has 0 saturated heterocycles. The first kappa shape index (κ1) is 11.2. The zero-order valence-electron chi connectivity index (χ0n) is 9.09. The van der Waals surface area contributed by atoms with E-state index in [4.69, 9.17) is 11.6 Å². The zero-order valence-corrected chi connectivity index (χ0v) is 9.84. The quantitative estimate of drug-likeness (QED) is 0.872. The Bertz CT molecular complexity index is 440. The summed E-state index contributed by atoms with van der Waals surface area (Å²) in [4.78, 5) is 10.6. The highest BCUT2D eigenvalue weighted by Crippen LogP contribution is 2.30. The van der Waals surface area contributed by atoms with Crippen molar-refractivity contribution < 1.29 is 4.79 Å². The molecule has 2 rings (SSSR count). The van der Waals surface area contributed by atoms with Gasteiger partial charge in [-0.05, 0) is 29.2 Å². The van der Waals surface area contributed by atoms with Crippen molar-refractivity contribution >= 4 is 23.5 Å². The molecule has 1 atom stereocenters. The van der Waals surface area contributed by atoms with Crippen LogP contribution in [-0.2, 0) is 4.79 Å². The molecule has 0 aliphatic carbocycles. The van der Waals surface area contributed by atoms with Crippen LogP contribution in [0.3, 0.4) is 0 Å². The zero-order chi connectivity index (χ0) is 11.5. The van der Waals surface area contributed by atoms with Gasteiger partial charge in [-0.3, -0.25) is 4.79 Å². The first-order chi connectivity index (χ1) is 7.72. The molecule has 1 heterocycles. The van der Waals surface area contributed by atoms with Gasteiger partial charge in [-0.2, -0.15) is 0 Å². The average molecular weight is 235 g/mol. The number of benzene rings is 1. The van der Waals surface area contributed by atoms with Gasteiger partial charge < -0.3 is 5.32 Å². The van der Waals surface area contributed by atoms with Gasteiger partial charge in [0.1, 0.15) is 0 Å². The molecule has 0 saturated carbocycles. The summed E-state index contributed by atoms with van der Waals surface area (Å²) in [6, 6.07) is 5.77. The Kier molecular flexibility index (Phi) is 3.30. The third kappa shape index (κ3) is 2.12. The molecule has 0 aromatic heterocycles. The topological polar surface area (TPSA) is 29.1 Å². The summed E-state index contributed by atoms with van der Waals surface area (Å²) >= 11 is 6.21. The third-order valence-electron chi connectivity index (χ3n) is 2.83. The van der Waals surface area contributed by atoms with Crippen molar-refractivity contribution in [1.82, 2.24) is 5.32 Å². The van der Waals surface area contributed by atoms with Crippen molar-refractivity contribution in [2.75, 3.05) is 6.54 Å². The molecule has 16 heavy (non-hydrogen) atoms. The lowest BCUT2D eigenvalue weighted by Crippen LogP contribution is -1.96. The Morgan fingerprint density at radius 3 is 2.88 bits per heavy atom. The molecule has 2 nitrogen and oxygen atoms in total. The predicted molar refractivity (Wildman–Crippen MR) is 66.2 cm³/mol. The predicted octanol–water partition coefficient (Wildman–Crippen LogP) is 2.89. The lowest BCUT2D eigenvalue weighted by molar-refractivity contribution is 0.546. The molecular formula is C13H13ClNO. The van der Waals surface area contributed by atoms with E-state index in [0.29, 0.717) is 5.02 Å². The van der Waals surface area contributed by atoms with Gasteiger partial charge in [0.25, 0.3) is 0 Å². The minimum atomic E-state index is -0.220. The normalized spacial score (nSPS) is 16.5. The monoisotopic (exact) mass is 234 g/mol. The van der Waals surface area contributed by atoms with Gasteiger partial charge in [0.2, 0.25) is 6.29 Å². The van der Waals surface area contributed by atoms with Crippen molar-refractivity contribution in [3.8, 4) is 0 Å². The van der Waals surface area contributed by atoms with Gasteiger partial charge in [-0.25, -0.2) is 0 Å². The molecule has 1 aromatic carbocycles. The van der Waals surface area contributed by atoms with Gasteiger partial charge in [0, 0.05) is 23.7 Å². The van der Waals surface area contributed by atoms with Crippen LogP contribution >= 0.6 is 11.6 Å². The number of nitrogens with one attached hydrogen (secondary N) is 1. The van der Waals surface area contributed by atoms with Crippen LogP contribution in [0.25, 0.3) is 5.57 Å². The Morgan fingerprint density at radius 2 is 2.31 bits per heavy atom. The second-order valence-electron chi connectivity index (χ2n) is 3.95. The van der Waals surface area contributed by atoms with Crippen molar-refractivity contribution in [1.29, 1.82) is 0 Å². The van der Waals surface area contributed by atoms with E-state index in [0.717, 1.165) is 24.1 Å². The first-order valence-electron chi connectivity index (χ1n) is 5.32. The van der Waals surface area contributed by atoms with Crippen LogP contribution in [0.2, 0.25) is 5.02 Å². The maximum absolute atomic E-state index is 10.6. The van der Waals surface area contributed by atoms with E-state index < -0.39 is 0 Å². The van der Waals surface area contributed by atoms with E-state index in [-0.39, 0.29) is 5.92 Å². The lowest BCUT2D eigenvalue weighted by atomic mass is 9.98. The SMILES string of the molecule is CC([C]=O)c1ccc(C2=CNCC2)c(Cl)c1. The van der Waals surface area contributed by atoms with E-state index in [1.165, 1.54) is 5.57 Å². The Hall–Kier alpha value is -1.28. The lowest BCUT2D eigenvalue weighted by Gasteiger charge is -2.08. The maximum atomic E-state index is 10.6. The molecule has 1 aromatic rings.